The van der Waals surface area contributed by atoms with Crippen LogP contribution < -0.4 is 42.5 Å². The quantitative estimate of drug-likeness (QED) is 0.0174. The second kappa shape index (κ2) is 52.7. The molecule has 0 bridgehead atoms. The normalized spacial score (nSPS) is 13.6. The summed E-state index contributed by atoms with van der Waals surface area (Å²) in [7, 11) is 0. The number of aryl methyl sites for hydroxylation is 1. The number of phenolic OH excluding ortho intramolecular Hbond substituents is 6. The van der Waals surface area contributed by atoms with Crippen molar-refractivity contribution in [2.24, 2.45) is 22.9 Å². The van der Waals surface area contributed by atoms with Gasteiger partial charge in [0.05, 0.1) is 73.4 Å². The third-order valence-corrected chi connectivity index (χ3v) is 25.3. The molecular weight excluding hydrogens is 1900 g/mol. The van der Waals surface area contributed by atoms with Crippen LogP contribution in [0.15, 0.2) is 335 Å². The van der Waals surface area contributed by atoms with Crippen LogP contribution >= 0.6 is 0 Å². The highest BCUT2D eigenvalue weighted by Crippen LogP contribution is 2.36. The van der Waals surface area contributed by atoms with E-state index < -0.39 is 47.1 Å². The van der Waals surface area contributed by atoms with E-state index in [0.717, 1.165) is 117 Å². The number of carbonyl (C=O) groups excluding carboxylic acids is 2. The predicted molar refractivity (Wildman–Crippen MR) is 569 cm³/mol. The Morgan fingerprint density at radius 2 is 0.718 bits per heavy atom. The molecule has 4 unspecified atom stereocenters. The van der Waals surface area contributed by atoms with Crippen LogP contribution in [0.4, 0.5) is 49.1 Å². The molecule has 18 rings (SSSR count). The molecule has 16 N–H and O–H groups in total. The summed E-state index contributed by atoms with van der Waals surface area (Å²) in [6.45, 7) is 18.5. The fraction of sp³-hybridized carbons (Fsp3) is 0.231. The number of benzene rings is 12. The summed E-state index contributed by atoms with van der Waals surface area (Å²) in [5, 5.41) is 76.5. The number of aliphatic hydroxyl groups is 2. The summed E-state index contributed by atoms with van der Waals surface area (Å²) < 4.78 is 90.6. The number of halogens is 6. The minimum atomic E-state index is -0.645. The number of aromatic hydroxyl groups is 6. The van der Waals surface area contributed by atoms with Crippen molar-refractivity contribution >= 4 is 34.6 Å². The zero-order chi connectivity index (χ0) is 106. The second-order valence-corrected chi connectivity index (χ2v) is 36.8. The number of piperazine rings is 2. The maximum atomic E-state index is 14.1. The van der Waals surface area contributed by atoms with Gasteiger partial charge in [-0.2, -0.15) is 0 Å². The first kappa shape index (κ1) is 109. The van der Waals surface area contributed by atoms with E-state index >= 15 is 0 Å². The number of allylic oxidation sites excluding steroid dienone is 2. The van der Waals surface area contributed by atoms with Crippen molar-refractivity contribution in [1.29, 1.82) is 0 Å². The minimum Gasteiger partial charge on any atom is -0.505 e. The lowest BCUT2D eigenvalue weighted by atomic mass is 10.0. The Bertz CT molecular complexity index is 7100. The fourth-order valence-electron chi connectivity index (χ4n) is 17.9. The van der Waals surface area contributed by atoms with Crippen molar-refractivity contribution in [3.63, 3.8) is 0 Å². The lowest BCUT2D eigenvalue weighted by molar-refractivity contribution is -0.119. The number of aromatic nitrogens is 8. The molecule has 6 heterocycles. The van der Waals surface area contributed by atoms with Gasteiger partial charge in [-0.25, -0.2) is 46.3 Å². The number of amides is 2. The smallest absolute Gasteiger partial charge is 0.217 e. The summed E-state index contributed by atoms with van der Waals surface area (Å²) in [5.74, 6) is -6.58. The molecule has 2 fully saturated rings. The highest BCUT2D eigenvalue weighted by atomic mass is 19.1. The minimum absolute atomic E-state index is 0.0276. The molecule has 2 aliphatic rings. The molecule has 32 heteroatoms. The third kappa shape index (κ3) is 30.8. The van der Waals surface area contributed by atoms with Crippen molar-refractivity contribution in [2.75, 3.05) is 58.9 Å². The molecular formula is C117H124F6N16O10. The Labute approximate surface area is 862 Å². The zero-order valence-corrected chi connectivity index (χ0v) is 83.1. The maximum absolute atomic E-state index is 14.1. The van der Waals surface area contributed by atoms with Crippen LogP contribution in [0.25, 0.3) is 22.5 Å². The lowest BCUT2D eigenvalue weighted by Gasteiger charge is -2.44. The van der Waals surface area contributed by atoms with Crippen LogP contribution in [-0.4, -0.2) is 154 Å². The van der Waals surface area contributed by atoms with E-state index in [1.54, 1.807) is 94.6 Å². The SMILES string of the molecule is C=C(N)Cc1c(Cc2ccccc2)ncn1Cc1ccc(O)c(F)c1.C=C(N)Cc1c(Cc2ccccc2)ncn1Cc1cccc(O)c1F.CC(O)Cc1c(-c2ccccc2)ncn1Cc1ccc(O)c(F)c1.CC(O)Cc1c(-c2ccccc2)ncn1Cc1cccc(O)c1F.Cc1cc(N2CCN(c3ccccc3)CC2CCC(N)=O)cc(F)c1O.NC(=O)CCC1CN(c2ccccc2)CCN1c1ccc(O)c(F)c1. The molecule has 4 atom stereocenters. The van der Waals surface area contributed by atoms with Crippen molar-refractivity contribution in [3.05, 3.63) is 443 Å². The highest BCUT2D eigenvalue weighted by molar-refractivity contribution is 5.74. The number of anilines is 4. The summed E-state index contributed by atoms with van der Waals surface area (Å²) >= 11 is 0. The van der Waals surface area contributed by atoms with E-state index in [2.05, 4.69) is 89.1 Å². The van der Waals surface area contributed by atoms with Gasteiger partial charge in [-0.1, -0.05) is 207 Å². The van der Waals surface area contributed by atoms with Gasteiger partial charge in [0.1, 0.15) is 0 Å². The molecule has 149 heavy (non-hydrogen) atoms. The van der Waals surface area contributed by atoms with Crippen LogP contribution in [0.2, 0.25) is 0 Å². The number of nitrogens with two attached hydrogens (primary N) is 4. The summed E-state index contributed by atoms with van der Waals surface area (Å²) in [5.41, 5.74) is 41.0. The number of aliphatic hydroxyl groups excluding tert-OH is 2. The molecule has 4 aromatic heterocycles. The predicted octanol–water partition coefficient (Wildman–Crippen LogP) is 18.8. The molecule has 2 saturated heterocycles. The number of phenols is 6. The molecule has 774 valence electrons. The van der Waals surface area contributed by atoms with E-state index in [1.165, 1.54) is 54.6 Å². The molecule has 0 radical (unpaired) electrons. The van der Waals surface area contributed by atoms with Crippen LogP contribution in [-0.2, 0) is 74.3 Å². The Hall–Kier alpha value is -17.0. The van der Waals surface area contributed by atoms with Gasteiger partial charge in [0.2, 0.25) is 11.8 Å². The molecule has 0 aliphatic carbocycles. The van der Waals surface area contributed by atoms with E-state index in [9.17, 15) is 76.8 Å². The monoisotopic (exact) mass is 2030 g/mol. The molecule has 26 nitrogen and oxygen atoms in total. The van der Waals surface area contributed by atoms with Gasteiger partial charge in [0.15, 0.2) is 69.4 Å². The van der Waals surface area contributed by atoms with Gasteiger partial charge in [-0.15, -0.1) is 0 Å². The number of hydrogen-bond donors (Lipinski definition) is 12. The average molecular weight is 2030 g/mol. The molecule has 0 saturated carbocycles. The van der Waals surface area contributed by atoms with Crippen LogP contribution in [0.3, 0.4) is 0 Å². The van der Waals surface area contributed by atoms with Gasteiger partial charge >= 0.3 is 0 Å². The van der Waals surface area contributed by atoms with Crippen molar-refractivity contribution < 1.29 is 76.8 Å². The zero-order valence-electron chi connectivity index (χ0n) is 83.1. The van der Waals surface area contributed by atoms with E-state index in [0.29, 0.717) is 117 Å². The van der Waals surface area contributed by atoms with Gasteiger partial charge in [0.25, 0.3) is 0 Å². The van der Waals surface area contributed by atoms with Crippen molar-refractivity contribution in [1.82, 2.24) is 38.2 Å². The van der Waals surface area contributed by atoms with Gasteiger partial charge in [-0.3, -0.25) is 9.59 Å². The molecule has 16 aromatic rings. The number of hydrogen-bond acceptors (Lipinski definition) is 20. The van der Waals surface area contributed by atoms with E-state index in [-0.39, 0.29) is 84.3 Å². The molecule has 0 spiro atoms. The van der Waals surface area contributed by atoms with Gasteiger partial charge in [0, 0.05) is 207 Å². The molecule has 2 amide bonds. The van der Waals surface area contributed by atoms with Crippen LogP contribution in [0.1, 0.15) is 113 Å². The fourth-order valence-corrected chi connectivity index (χ4v) is 17.9. The van der Waals surface area contributed by atoms with Gasteiger partial charge in [-0.05, 0) is 140 Å². The van der Waals surface area contributed by atoms with E-state index in [4.69, 9.17) is 22.9 Å². The van der Waals surface area contributed by atoms with Crippen LogP contribution in [0.5, 0.6) is 34.5 Å². The first-order chi connectivity index (χ1) is 71.7. The Morgan fingerprint density at radius 1 is 0.369 bits per heavy atom. The van der Waals surface area contributed by atoms with Gasteiger partial charge < -0.3 is 102 Å². The topological polar surface area (TPSA) is 384 Å². The largest absolute Gasteiger partial charge is 0.505 e. The average Bonchev–Trinajstić information content (AvgIpc) is 1.75. The maximum Gasteiger partial charge on any atom is 0.217 e. The third-order valence-electron chi connectivity index (χ3n) is 25.3. The highest BCUT2D eigenvalue weighted by Gasteiger charge is 2.32. The second-order valence-electron chi connectivity index (χ2n) is 36.8. The number of nitrogens with zero attached hydrogens (tertiary/aromatic N) is 12. The standard InChI is InChI=1S/C20H24FN3O2.2C20H20FN3O.C19H22FN3O2.2C19H19FN2O2/c1-14-11-17(12-18(21)20(14)26)24-10-9-23(15-5-3-2-4-6-15)13-16(24)7-8-19(22)25;1-14(22)10-18-17(11-15-6-3-2-4-7-15)23-13-24(18)12-16-8-5-9-19(25)20(16)21;1-14(22)9-19-18(11-15-5-3-2-4-6-15)23-13-24(19)12-16-7-8-20(25)17(21)10-16;20-17-12-15(6-8-18(17)24)23-11-10-22(14-4-2-1-3-5-14)13-16(23)7-9-19(21)25;1-13(23)10-16-19(14-6-3-2-4-7-14)21-12-22(16)11-15-8-5-9-17(24)18(15)20;1-13(23)9-17-19(15-5-3-2-4-6-15)21-12-22(17)11-14-7-8-18(24)16(20)10-14/h2-6,11-12,16,26H,7-10,13H2,1H3,(H2,22,25);2-9,13,25H,1,10-12,22H2;2-8,10,13,25H,1,9,11-12,22H2;1-6,8,12,16,24H,7,9-11,13H2,(H2,21,25);2-9,12-13,23-24H,10-11H2,1H3;2-8,10,12-13,23-24H,9,11H2,1H3. The number of primary amides is 2. The molecule has 12 aromatic carbocycles. The Balaban J connectivity index is 0.000000149. The number of rotatable bonds is 32. The van der Waals surface area contributed by atoms with E-state index in [1.807, 2.05) is 164 Å². The Kier molecular flexibility index (Phi) is 38.6. The first-order valence-electron chi connectivity index (χ1n) is 48.8. The summed E-state index contributed by atoms with van der Waals surface area (Å²) in [6, 6.07) is 85.1. The van der Waals surface area contributed by atoms with Crippen LogP contribution in [0, 0.1) is 41.8 Å². The van der Waals surface area contributed by atoms with Crippen molar-refractivity contribution in [2.45, 2.75) is 135 Å². The number of para-hydroxylation sites is 2. The number of imidazole rings is 4. The number of carbonyl (C=O) groups is 2. The molecule has 2 aliphatic heterocycles. The summed E-state index contributed by atoms with van der Waals surface area (Å²) in [4.78, 5) is 49.2. The summed E-state index contributed by atoms with van der Waals surface area (Å²) in [6.07, 6.45) is 10.6. The first-order valence-corrected chi connectivity index (χ1v) is 48.8. The lowest BCUT2D eigenvalue weighted by Crippen LogP contribution is -2.53. The van der Waals surface area contributed by atoms with Crippen molar-refractivity contribution in [3.8, 4) is 57.0 Å². The Morgan fingerprint density at radius 3 is 1.09 bits per heavy atom.